The van der Waals surface area contributed by atoms with Crippen molar-refractivity contribution >= 4 is 40.1 Å². The summed E-state index contributed by atoms with van der Waals surface area (Å²) >= 11 is 5.90. The van der Waals surface area contributed by atoms with Gasteiger partial charge in [0.1, 0.15) is 18.4 Å². The van der Waals surface area contributed by atoms with Crippen LogP contribution in [0.4, 0.5) is 4.39 Å². The second-order valence-corrected chi connectivity index (χ2v) is 9.77. The Balaban J connectivity index is 1.34. The van der Waals surface area contributed by atoms with Crippen LogP contribution in [0, 0.1) is 5.82 Å². The first-order valence-electron chi connectivity index (χ1n) is 12.2. The number of aromatic nitrogens is 3. The number of amides is 2. The highest BCUT2D eigenvalue weighted by atomic mass is 35.5. The van der Waals surface area contributed by atoms with E-state index in [-0.39, 0.29) is 35.7 Å². The zero-order chi connectivity index (χ0) is 26.8. The zero-order valence-corrected chi connectivity index (χ0v) is 21.4. The largest absolute Gasteiger partial charge is 0.350 e. The van der Waals surface area contributed by atoms with E-state index in [1.165, 1.54) is 19.1 Å². The van der Waals surface area contributed by atoms with Crippen LogP contribution < -0.4 is 5.32 Å². The molecule has 5 rings (SSSR count). The van der Waals surface area contributed by atoms with Gasteiger partial charge in [-0.3, -0.25) is 14.4 Å². The fraction of sp³-hybridized carbons (Fsp3) is 0.250. The van der Waals surface area contributed by atoms with Gasteiger partial charge in [0.15, 0.2) is 5.78 Å². The van der Waals surface area contributed by atoms with Gasteiger partial charge in [-0.1, -0.05) is 17.7 Å². The molecular weight excluding hydrogens is 509 g/mol. The molecule has 38 heavy (non-hydrogen) atoms. The van der Waals surface area contributed by atoms with Crippen LogP contribution in [0.15, 0.2) is 61.1 Å². The predicted molar refractivity (Wildman–Crippen MR) is 141 cm³/mol. The molecule has 10 heteroatoms. The fourth-order valence-electron chi connectivity index (χ4n) is 4.94. The summed E-state index contributed by atoms with van der Waals surface area (Å²) in [6.07, 6.45) is 6.18. The van der Waals surface area contributed by atoms with Crippen molar-refractivity contribution in [3.05, 3.63) is 83.0 Å². The molecule has 0 spiro atoms. The van der Waals surface area contributed by atoms with Gasteiger partial charge in [0, 0.05) is 46.3 Å². The average molecular weight is 534 g/mol. The number of carbonyl (C=O) groups excluding carboxylic acids is 3. The zero-order valence-electron chi connectivity index (χ0n) is 20.7. The van der Waals surface area contributed by atoms with Crippen molar-refractivity contribution < 1.29 is 18.8 Å². The minimum atomic E-state index is -0.619. The van der Waals surface area contributed by atoms with Gasteiger partial charge in [-0.15, -0.1) is 0 Å². The van der Waals surface area contributed by atoms with Crippen LogP contribution in [0.25, 0.3) is 22.0 Å². The molecule has 1 fully saturated rings. The lowest BCUT2D eigenvalue weighted by Crippen LogP contribution is -2.46. The van der Waals surface area contributed by atoms with Gasteiger partial charge in [-0.25, -0.2) is 4.39 Å². The van der Waals surface area contributed by atoms with Crippen molar-refractivity contribution in [2.24, 2.45) is 0 Å². The number of Topliss-reactive ketones (excluding diaryl/α,β-unsaturated/α-hetero) is 1. The second kappa shape index (κ2) is 10.7. The summed E-state index contributed by atoms with van der Waals surface area (Å²) in [6.45, 7) is 2.05. The van der Waals surface area contributed by atoms with Gasteiger partial charge in [-0.2, -0.15) is 10.2 Å². The summed E-state index contributed by atoms with van der Waals surface area (Å²) in [6, 6.07) is 11.0. The molecule has 8 nitrogen and oxygen atoms in total. The molecule has 2 amide bonds. The van der Waals surface area contributed by atoms with E-state index in [0.717, 1.165) is 22.0 Å². The highest BCUT2D eigenvalue weighted by Gasteiger charge is 2.34. The smallest absolute Gasteiger partial charge is 0.243 e. The molecule has 0 aliphatic carbocycles. The van der Waals surface area contributed by atoms with Crippen LogP contribution in [0.1, 0.15) is 35.7 Å². The van der Waals surface area contributed by atoms with Gasteiger partial charge < -0.3 is 14.8 Å². The molecule has 2 aromatic heterocycles. The Kier molecular flexibility index (Phi) is 7.20. The van der Waals surface area contributed by atoms with Crippen LogP contribution in [0.2, 0.25) is 5.02 Å². The first-order chi connectivity index (χ1) is 18.3. The standard InChI is InChI=1S/C28H25ClFN5O3/c1-17(36)24-15-34(25-5-4-19(11-23(24)25)20-6-7-32-33-14-20)16-27(37)35-8-2-3-26(35)28(38)31-13-18-9-21(29)12-22(30)10-18/h4-7,9-12,14-15,26H,2-3,8,13,16H2,1H3,(H,31,38)/t26-/m0/s1. The molecule has 0 bridgehead atoms. The molecule has 1 aliphatic heterocycles. The molecule has 2 aromatic carbocycles. The van der Waals surface area contributed by atoms with Gasteiger partial charge in [0.2, 0.25) is 11.8 Å². The van der Waals surface area contributed by atoms with E-state index in [2.05, 4.69) is 15.5 Å². The summed E-state index contributed by atoms with van der Waals surface area (Å²) in [5.41, 5.74) is 3.55. The molecular formula is C28H25ClFN5O3. The van der Waals surface area contributed by atoms with Crippen LogP contribution in [0.5, 0.6) is 0 Å². The molecule has 3 heterocycles. The fourth-order valence-corrected chi connectivity index (χ4v) is 5.19. The third-order valence-corrected chi connectivity index (χ3v) is 6.97. The maximum absolute atomic E-state index is 13.6. The number of rotatable bonds is 7. The topological polar surface area (TPSA) is 97.2 Å². The third-order valence-electron chi connectivity index (χ3n) is 6.75. The molecule has 0 unspecified atom stereocenters. The highest BCUT2D eigenvalue weighted by Crippen LogP contribution is 2.29. The quantitative estimate of drug-likeness (QED) is 0.355. The normalized spacial score (nSPS) is 15.1. The Hall–Kier alpha value is -4.11. The molecule has 1 atom stereocenters. The minimum Gasteiger partial charge on any atom is -0.350 e. The van der Waals surface area contributed by atoms with E-state index in [1.54, 1.807) is 34.1 Å². The van der Waals surface area contributed by atoms with E-state index in [9.17, 15) is 18.8 Å². The van der Waals surface area contributed by atoms with Gasteiger partial charge in [0.25, 0.3) is 0 Å². The summed E-state index contributed by atoms with van der Waals surface area (Å²) in [5, 5.41) is 11.5. The number of carbonyl (C=O) groups is 3. The Bertz CT molecular complexity index is 1520. The Morgan fingerprint density at radius 3 is 2.68 bits per heavy atom. The molecule has 1 aliphatic rings. The first kappa shape index (κ1) is 25.5. The summed E-state index contributed by atoms with van der Waals surface area (Å²) in [7, 11) is 0. The molecule has 0 radical (unpaired) electrons. The number of halogens is 2. The molecule has 1 saturated heterocycles. The Labute approximate surface area is 223 Å². The van der Waals surface area contributed by atoms with Crippen LogP contribution >= 0.6 is 11.6 Å². The Morgan fingerprint density at radius 1 is 1.11 bits per heavy atom. The first-order valence-corrected chi connectivity index (χ1v) is 12.6. The van der Waals surface area contributed by atoms with Gasteiger partial charge >= 0.3 is 0 Å². The minimum absolute atomic E-state index is 0.0107. The lowest BCUT2D eigenvalue weighted by atomic mass is 10.0. The molecule has 0 saturated carbocycles. The van der Waals surface area contributed by atoms with Crippen LogP contribution in [-0.4, -0.2) is 49.8 Å². The van der Waals surface area contributed by atoms with Crippen molar-refractivity contribution in [1.29, 1.82) is 0 Å². The SMILES string of the molecule is CC(=O)c1cn(CC(=O)N2CCC[C@H]2C(=O)NCc2cc(F)cc(Cl)c2)c2ccc(-c3ccnnc3)cc12. The third kappa shape index (κ3) is 5.28. The number of benzene rings is 2. The monoisotopic (exact) mass is 533 g/mol. The number of hydrogen-bond acceptors (Lipinski definition) is 5. The lowest BCUT2D eigenvalue weighted by molar-refractivity contribution is -0.138. The number of nitrogens with zero attached hydrogens (tertiary/aromatic N) is 4. The maximum atomic E-state index is 13.6. The van der Waals surface area contributed by atoms with Crippen LogP contribution in [-0.2, 0) is 22.7 Å². The predicted octanol–water partition coefficient (Wildman–Crippen LogP) is 4.40. The maximum Gasteiger partial charge on any atom is 0.243 e. The lowest BCUT2D eigenvalue weighted by Gasteiger charge is -2.24. The number of fused-ring (bicyclic) bond motifs is 1. The van der Waals surface area contributed by atoms with Crippen molar-refractivity contribution in [2.75, 3.05) is 6.54 Å². The van der Waals surface area contributed by atoms with E-state index in [4.69, 9.17) is 11.6 Å². The second-order valence-electron chi connectivity index (χ2n) is 9.33. The Morgan fingerprint density at radius 2 is 1.95 bits per heavy atom. The molecule has 4 aromatic rings. The molecule has 194 valence electrons. The number of hydrogen-bond donors (Lipinski definition) is 1. The summed E-state index contributed by atoms with van der Waals surface area (Å²) < 4.78 is 15.4. The van der Waals surface area contributed by atoms with E-state index >= 15 is 0 Å². The number of likely N-dealkylation sites (tertiary alicyclic amines) is 1. The van der Waals surface area contributed by atoms with E-state index in [1.807, 2.05) is 24.3 Å². The summed E-state index contributed by atoms with van der Waals surface area (Å²) in [4.78, 5) is 40.3. The average Bonchev–Trinajstić information content (AvgIpc) is 3.53. The van der Waals surface area contributed by atoms with E-state index in [0.29, 0.717) is 30.5 Å². The number of nitrogens with one attached hydrogen (secondary N) is 1. The van der Waals surface area contributed by atoms with E-state index < -0.39 is 11.9 Å². The van der Waals surface area contributed by atoms with Gasteiger partial charge in [-0.05, 0) is 67.3 Å². The molecule has 1 N–H and O–H groups in total. The van der Waals surface area contributed by atoms with Crippen LogP contribution in [0.3, 0.4) is 0 Å². The van der Waals surface area contributed by atoms with Crippen molar-refractivity contribution in [3.63, 3.8) is 0 Å². The van der Waals surface area contributed by atoms with Crippen molar-refractivity contribution in [2.45, 2.75) is 38.9 Å². The highest BCUT2D eigenvalue weighted by molar-refractivity contribution is 6.30. The van der Waals surface area contributed by atoms with Gasteiger partial charge in [0.05, 0.1) is 12.4 Å². The van der Waals surface area contributed by atoms with Crippen molar-refractivity contribution in [1.82, 2.24) is 25.0 Å². The van der Waals surface area contributed by atoms with Crippen molar-refractivity contribution in [3.8, 4) is 11.1 Å². The number of ketones is 1. The summed E-state index contributed by atoms with van der Waals surface area (Å²) in [5.74, 6) is -1.10.